The second kappa shape index (κ2) is 4.18. The molecule has 0 aliphatic carbocycles. The number of methoxy groups -OCH3 is 1. The van der Waals surface area contributed by atoms with Crippen LogP contribution in [0.5, 0.6) is 5.75 Å². The van der Waals surface area contributed by atoms with Gasteiger partial charge < -0.3 is 4.74 Å². The summed E-state index contributed by atoms with van der Waals surface area (Å²) in [6.45, 7) is 1.96. The number of rotatable bonds is 3. The van der Waals surface area contributed by atoms with Gasteiger partial charge in [-0.15, -0.1) is 0 Å². The molecule has 2 aromatic rings. The molecular formula is C12H12N2O2. The summed E-state index contributed by atoms with van der Waals surface area (Å²) in [5.41, 5.74) is 2.42. The highest BCUT2D eigenvalue weighted by molar-refractivity contribution is 5.77. The maximum Gasteiger partial charge on any atom is 0.150 e. The molecule has 0 fully saturated rings. The average Bonchev–Trinajstić information content (AvgIpc) is 2.75. The number of nitrogens with zero attached hydrogens (tertiary/aromatic N) is 2. The van der Waals surface area contributed by atoms with Gasteiger partial charge in [0.05, 0.1) is 13.3 Å². The van der Waals surface area contributed by atoms with E-state index in [0.29, 0.717) is 11.3 Å². The van der Waals surface area contributed by atoms with Crippen LogP contribution in [0.4, 0.5) is 0 Å². The summed E-state index contributed by atoms with van der Waals surface area (Å²) in [7, 11) is 1.59. The Morgan fingerprint density at radius 2 is 2.25 bits per heavy atom. The third-order valence-corrected chi connectivity index (χ3v) is 2.30. The molecular weight excluding hydrogens is 204 g/mol. The Morgan fingerprint density at radius 3 is 2.81 bits per heavy atom. The van der Waals surface area contributed by atoms with E-state index in [4.69, 9.17) is 4.74 Å². The predicted octanol–water partition coefficient (Wildman–Crippen LogP) is 2.00. The largest absolute Gasteiger partial charge is 0.494 e. The summed E-state index contributed by atoms with van der Waals surface area (Å²) >= 11 is 0. The van der Waals surface area contributed by atoms with E-state index in [9.17, 15) is 4.79 Å². The van der Waals surface area contributed by atoms with E-state index < -0.39 is 0 Å². The van der Waals surface area contributed by atoms with E-state index in [1.807, 2.05) is 13.1 Å². The minimum Gasteiger partial charge on any atom is -0.494 e. The normalized spacial score (nSPS) is 10.1. The molecule has 16 heavy (non-hydrogen) atoms. The van der Waals surface area contributed by atoms with E-state index in [0.717, 1.165) is 17.5 Å². The molecule has 0 aliphatic rings. The molecule has 0 radical (unpaired) electrons. The first-order chi connectivity index (χ1) is 7.74. The fourth-order valence-corrected chi connectivity index (χ4v) is 1.50. The molecule has 1 aromatic heterocycles. The van der Waals surface area contributed by atoms with Gasteiger partial charge in [-0.05, 0) is 30.7 Å². The van der Waals surface area contributed by atoms with Crippen molar-refractivity contribution in [3.63, 3.8) is 0 Å². The number of ether oxygens (including phenoxy) is 1. The number of benzene rings is 1. The van der Waals surface area contributed by atoms with Crippen LogP contribution in [0.2, 0.25) is 0 Å². The molecule has 4 heteroatoms. The lowest BCUT2D eigenvalue weighted by atomic mass is 10.2. The van der Waals surface area contributed by atoms with Crippen molar-refractivity contribution < 1.29 is 9.53 Å². The zero-order valence-electron chi connectivity index (χ0n) is 9.18. The zero-order valence-corrected chi connectivity index (χ0v) is 9.18. The molecule has 4 nitrogen and oxygen atoms in total. The van der Waals surface area contributed by atoms with Gasteiger partial charge in [0, 0.05) is 11.8 Å². The molecule has 82 valence electrons. The van der Waals surface area contributed by atoms with Gasteiger partial charge in [-0.3, -0.25) is 4.79 Å². The van der Waals surface area contributed by atoms with Gasteiger partial charge in [0.15, 0.2) is 0 Å². The number of hydrogen-bond donors (Lipinski definition) is 0. The fraction of sp³-hybridized carbons (Fsp3) is 0.167. The van der Waals surface area contributed by atoms with E-state index in [2.05, 4.69) is 5.10 Å². The fourth-order valence-electron chi connectivity index (χ4n) is 1.50. The van der Waals surface area contributed by atoms with E-state index in [1.54, 1.807) is 36.2 Å². The summed E-state index contributed by atoms with van der Waals surface area (Å²) in [6.07, 6.45) is 4.44. The highest BCUT2D eigenvalue weighted by Gasteiger charge is 2.07. The van der Waals surface area contributed by atoms with E-state index >= 15 is 0 Å². The second-order valence-electron chi connectivity index (χ2n) is 3.51. The van der Waals surface area contributed by atoms with Crippen LogP contribution in [-0.4, -0.2) is 23.2 Å². The van der Waals surface area contributed by atoms with Gasteiger partial charge in [-0.2, -0.15) is 5.10 Å². The monoisotopic (exact) mass is 216 g/mol. The lowest BCUT2D eigenvalue weighted by molar-refractivity contribution is 0.112. The van der Waals surface area contributed by atoms with Crippen molar-refractivity contribution in [2.24, 2.45) is 0 Å². The maximum absolute atomic E-state index is 10.7. The molecule has 0 amide bonds. The maximum atomic E-state index is 10.7. The summed E-state index contributed by atoms with van der Waals surface area (Å²) in [6, 6.07) is 5.22. The van der Waals surface area contributed by atoms with E-state index in [1.165, 1.54) is 0 Å². The van der Waals surface area contributed by atoms with Gasteiger partial charge in [0.2, 0.25) is 0 Å². The number of aryl methyl sites for hydroxylation is 1. The molecule has 0 saturated heterocycles. The SMILES string of the molecule is COc1ccc(C=O)cc1-n1cc(C)cn1. The smallest absolute Gasteiger partial charge is 0.150 e. The zero-order chi connectivity index (χ0) is 11.5. The second-order valence-corrected chi connectivity index (χ2v) is 3.51. The van der Waals surface area contributed by atoms with Crippen LogP contribution >= 0.6 is 0 Å². The third kappa shape index (κ3) is 1.82. The van der Waals surface area contributed by atoms with Crippen molar-refractivity contribution >= 4 is 6.29 Å². The third-order valence-electron chi connectivity index (χ3n) is 2.30. The molecule has 0 aliphatic heterocycles. The quantitative estimate of drug-likeness (QED) is 0.737. The Kier molecular flexibility index (Phi) is 2.72. The van der Waals surface area contributed by atoms with Crippen LogP contribution < -0.4 is 4.74 Å². The van der Waals surface area contributed by atoms with Crippen molar-refractivity contribution in [1.29, 1.82) is 0 Å². The Labute approximate surface area is 93.5 Å². The first kappa shape index (κ1) is 10.4. The first-order valence-corrected chi connectivity index (χ1v) is 4.89. The van der Waals surface area contributed by atoms with Crippen LogP contribution in [0.25, 0.3) is 5.69 Å². The minimum atomic E-state index is 0.601. The summed E-state index contributed by atoms with van der Waals surface area (Å²) in [5, 5.41) is 4.19. The van der Waals surface area contributed by atoms with Crippen molar-refractivity contribution in [2.75, 3.05) is 7.11 Å². The van der Waals surface area contributed by atoms with Crippen molar-refractivity contribution in [3.05, 3.63) is 41.7 Å². The number of carbonyl (C=O) groups excluding carboxylic acids is 1. The lowest BCUT2D eigenvalue weighted by Gasteiger charge is -2.08. The van der Waals surface area contributed by atoms with Crippen molar-refractivity contribution in [2.45, 2.75) is 6.92 Å². The van der Waals surface area contributed by atoms with Gasteiger partial charge in [0.25, 0.3) is 0 Å². The van der Waals surface area contributed by atoms with Gasteiger partial charge in [-0.1, -0.05) is 0 Å². The topological polar surface area (TPSA) is 44.1 Å². The Morgan fingerprint density at radius 1 is 1.44 bits per heavy atom. The van der Waals surface area contributed by atoms with Gasteiger partial charge in [0.1, 0.15) is 17.7 Å². The molecule has 1 aromatic carbocycles. The number of aldehydes is 1. The molecule has 0 saturated carbocycles. The van der Waals surface area contributed by atoms with Crippen LogP contribution in [0, 0.1) is 6.92 Å². The van der Waals surface area contributed by atoms with Crippen molar-refractivity contribution in [1.82, 2.24) is 9.78 Å². The molecule has 0 atom stereocenters. The Balaban J connectivity index is 2.56. The summed E-state index contributed by atoms with van der Waals surface area (Å²) < 4.78 is 6.93. The van der Waals surface area contributed by atoms with Crippen LogP contribution in [0.1, 0.15) is 15.9 Å². The molecule has 0 spiro atoms. The lowest BCUT2D eigenvalue weighted by Crippen LogP contribution is -1.99. The highest BCUT2D eigenvalue weighted by Crippen LogP contribution is 2.23. The van der Waals surface area contributed by atoms with Gasteiger partial charge >= 0.3 is 0 Å². The minimum absolute atomic E-state index is 0.601. The average molecular weight is 216 g/mol. The summed E-state index contributed by atoms with van der Waals surface area (Å²) in [4.78, 5) is 10.7. The number of aromatic nitrogens is 2. The van der Waals surface area contributed by atoms with Crippen LogP contribution in [0.3, 0.4) is 0 Å². The first-order valence-electron chi connectivity index (χ1n) is 4.89. The van der Waals surface area contributed by atoms with Crippen LogP contribution in [-0.2, 0) is 0 Å². The summed E-state index contributed by atoms with van der Waals surface area (Å²) in [5.74, 6) is 0.689. The van der Waals surface area contributed by atoms with Gasteiger partial charge in [-0.25, -0.2) is 4.68 Å². The molecule has 0 unspecified atom stereocenters. The van der Waals surface area contributed by atoms with Crippen LogP contribution in [0.15, 0.2) is 30.6 Å². The number of hydrogen-bond acceptors (Lipinski definition) is 3. The van der Waals surface area contributed by atoms with Crippen molar-refractivity contribution in [3.8, 4) is 11.4 Å². The standard InChI is InChI=1S/C12H12N2O2/c1-9-6-13-14(7-9)11-5-10(8-15)3-4-12(11)16-2/h3-8H,1-2H3. The molecule has 1 heterocycles. The van der Waals surface area contributed by atoms with E-state index in [-0.39, 0.29) is 0 Å². The predicted molar refractivity (Wildman–Crippen MR) is 60.2 cm³/mol. The Hall–Kier alpha value is -2.10. The Bertz CT molecular complexity index is 517. The number of carbonyl (C=O) groups is 1. The highest BCUT2D eigenvalue weighted by atomic mass is 16.5. The molecule has 0 bridgehead atoms. The molecule has 2 rings (SSSR count). The molecule has 0 N–H and O–H groups in total.